The molecule has 1 aromatic heterocycles. The molecule has 0 aromatic carbocycles. The minimum atomic E-state index is -0.0550. The highest BCUT2D eigenvalue weighted by Gasteiger charge is 2.22. The number of amides is 1. The van der Waals surface area contributed by atoms with Gasteiger partial charge in [0, 0.05) is 21.9 Å². The number of hydrogen-bond acceptors (Lipinski definition) is 2. The van der Waals surface area contributed by atoms with Gasteiger partial charge in [0.15, 0.2) is 0 Å². The first-order chi connectivity index (χ1) is 6.09. The fraction of sp³-hybridized carbons (Fsp3) is 0.400. The third-order valence-corrected chi connectivity index (χ3v) is 3.59. The van der Waals surface area contributed by atoms with Crippen LogP contribution in [0.5, 0.6) is 0 Å². The van der Waals surface area contributed by atoms with Crippen LogP contribution in [0, 0.1) is 13.8 Å². The van der Waals surface area contributed by atoms with E-state index in [0.717, 1.165) is 23.3 Å². The standard InChI is InChI=1S/C10H11NOS/c1-5-4-8-9(10(12)11-5)6(2)7(3)13-8/h4H2,1-3H3. The summed E-state index contributed by atoms with van der Waals surface area (Å²) in [6, 6.07) is 0. The Morgan fingerprint density at radius 1 is 1.31 bits per heavy atom. The van der Waals surface area contributed by atoms with Gasteiger partial charge < -0.3 is 0 Å². The second-order valence-corrected chi connectivity index (χ2v) is 4.72. The van der Waals surface area contributed by atoms with Gasteiger partial charge in [-0.1, -0.05) is 0 Å². The summed E-state index contributed by atoms with van der Waals surface area (Å²) in [5.41, 5.74) is 2.90. The highest BCUT2D eigenvalue weighted by atomic mass is 32.1. The number of thiophene rings is 1. The molecule has 0 aliphatic carbocycles. The van der Waals surface area contributed by atoms with Crippen molar-refractivity contribution in [2.75, 3.05) is 0 Å². The summed E-state index contributed by atoms with van der Waals surface area (Å²) < 4.78 is 0. The lowest BCUT2D eigenvalue weighted by molar-refractivity contribution is 0.1000. The smallest absolute Gasteiger partial charge is 0.267 e. The summed E-state index contributed by atoms with van der Waals surface area (Å²) in [5, 5.41) is 0. The maximum absolute atomic E-state index is 11.5. The number of nitrogens with zero attached hydrogens (tertiary/aromatic N) is 1. The van der Waals surface area contributed by atoms with E-state index < -0.39 is 0 Å². The maximum atomic E-state index is 11.5. The van der Waals surface area contributed by atoms with Crippen LogP contribution in [0.4, 0.5) is 0 Å². The van der Waals surface area contributed by atoms with E-state index in [-0.39, 0.29) is 5.91 Å². The zero-order valence-electron chi connectivity index (χ0n) is 7.97. The Morgan fingerprint density at radius 2 is 2.00 bits per heavy atom. The molecule has 3 heteroatoms. The van der Waals surface area contributed by atoms with Gasteiger partial charge in [-0.05, 0) is 26.3 Å². The van der Waals surface area contributed by atoms with Crippen molar-refractivity contribution in [1.82, 2.24) is 0 Å². The van der Waals surface area contributed by atoms with E-state index in [4.69, 9.17) is 0 Å². The predicted octanol–water partition coefficient (Wildman–Crippen LogP) is 2.52. The van der Waals surface area contributed by atoms with Crippen molar-refractivity contribution >= 4 is 23.0 Å². The van der Waals surface area contributed by atoms with E-state index in [9.17, 15) is 4.79 Å². The van der Waals surface area contributed by atoms with Crippen LogP contribution < -0.4 is 0 Å². The summed E-state index contributed by atoms with van der Waals surface area (Å²) in [6.45, 7) is 5.96. The normalized spacial score (nSPS) is 15.6. The van der Waals surface area contributed by atoms with Crippen LogP contribution in [0.15, 0.2) is 4.99 Å². The average Bonchev–Trinajstić information content (AvgIpc) is 2.27. The monoisotopic (exact) mass is 193 g/mol. The molecule has 1 aromatic rings. The Hall–Kier alpha value is -0.960. The summed E-state index contributed by atoms with van der Waals surface area (Å²) >= 11 is 1.72. The highest BCUT2D eigenvalue weighted by Crippen LogP contribution is 2.30. The van der Waals surface area contributed by atoms with Gasteiger partial charge in [0.2, 0.25) is 0 Å². The fourth-order valence-corrected chi connectivity index (χ4v) is 2.85. The molecule has 0 fully saturated rings. The van der Waals surface area contributed by atoms with Crippen LogP contribution in [-0.4, -0.2) is 11.6 Å². The molecule has 1 aliphatic rings. The average molecular weight is 193 g/mol. The molecule has 0 atom stereocenters. The molecule has 1 aliphatic heterocycles. The first-order valence-corrected chi connectivity index (χ1v) is 5.08. The number of rotatable bonds is 0. The maximum Gasteiger partial charge on any atom is 0.278 e. The van der Waals surface area contributed by atoms with Gasteiger partial charge in [-0.15, -0.1) is 11.3 Å². The summed E-state index contributed by atoms with van der Waals surface area (Å²) in [5.74, 6) is -0.0550. The van der Waals surface area contributed by atoms with Crippen molar-refractivity contribution in [3.8, 4) is 0 Å². The van der Waals surface area contributed by atoms with Crippen LogP contribution in [0.25, 0.3) is 0 Å². The fourth-order valence-electron chi connectivity index (χ4n) is 1.60. The van der Waals surface area contributed by atoms with Crippen molar-refractivity contribution < 1.29 is 4.79 Å². The molecule has 2 heterocycles. The first kappa shape index (κ1) is 8.63. The summed E-state index contributed by atoms with van der Waals surface area (Å²) in [7, 11) is 0. The molecule has 1 amide bonds. The molecular formula is C10H11NOS. The van der Waals surface area contributed by atoms with Crippen molar-refractivity contribution in [3.05, 3.63) is 20.9 Å². The third-order valence-electron chi connectivity index (χ3n) is 2.38. The van der Waals surface area contributed by atoms with Crippen LogP contribution in [0.2, 0.25) is 0 Å². The Bertz CT molecular complexity index is 415. The molecular weight excluding hydrogens is 182 g/mol. The lowest BCUT2D eigenvalue weighted by atomic mass is 10.0. The predicted molar refractivity (Wildman–Crippen MR) is 54.9 cm³/mol. The van der Waals surface area contributed by atoms with Crippen LogP contribution in [-0.2, 0) is 6.42 Å². The Kier molecular flexibility index (Phi) is 1.84. The SMILES string of the molecule is CC1=NC(=O)c2c(sc(C)c2C)C1. The van der Waals surface area contributed by atoms with E-state index in [1.165, 1.54) is 9.75 Å². The summed E-state index contributed by atoms with van der Waals surface area (Å²) in [6.07, 6.45) is 0.848. The van der Waals surface area contributed by atoms with Crippen LogP contribution in [0.1, 0.15) is 32.6 Å². The number of aryl methyl sites for hydroxylation is 1. The Morgan fingerprint density at radius 3 is 2.69 bits per heavy atom. The minimum absolute atomic E-state index is 0.0550. The summed E-state index contributed by atoms with van der Waals surface area (Å²) in [4.78, 5) is 18.0. The molecule has 2 rings (SSSR count). The number of hydrogen-bond donors (Lipinski definition) is 0. The molecule has 0 bridgehead atoms. The van der Waals surface area contributed by atoms with E-state index in [1.807, 2.05) is 13.8 Å². The minimum Gasteiger partial charge on any atom is -0.267 e. The highest BCUT2D eigenvalue weighted by molar-refractivity contribution is 7.12. The van der Waals surface area contributed by atoms with Gasteiger partial charge in [0.25, 0.3) is 5.91 Å². The molecule has 0 unspecified atom stereocenters. The van der Waals surface area contributed by atoms with Gasteiger partial charge >= 0.3 is 0 Å². The molecule has 13 heavy (non-hydrogen) atoms. The van der Waals surface area contributed by atoms with Gasteiger partial charge in [-0.25, -0.2) is 4.99 Å². The molecule has 2 nitrogen and oxygen atoms in total. The van der Waals surface area contributed by atoms with E-state index in [0.29, 0.717) is 0 Å². The lowest BCUT2D eigenvalue weighted by Crippen LogP contribution is -2.12. The Balaban J connectivity index is 2.62. The first-order valence-electron chi connectivity index (χ1n) is 4.27. The van der Waals surface area contributed by atoms with Crippen molar-refractivity contribution in [3.63, 3.8) is 0 Å². The van der Waals surface area contributed by atoms with Crippen molar-refractivity contribution in [1.29, 1.82) is 0 Å². The van der Waals surface area contributed by atoms with Crippen LogP contribution in [0.3, 0.4) is 0 Å². The molecule has 0 N–H and O–H groups in total. The van der Waals surface area contributed by atoms with Gasteiger partial charge in [0.1, 0.15) is 0 Å². The number of fused-ring (bicyclic) bond motifs is 1. The number of carbonyl (C=O) groups excluding carboxylic acids is 1. The largest absolute Gasteiger partial charge is 0.278 e. The van der Waals surface area contributed by atoms with Crippen LogP contribution >= 0.6 is 11.3 Å². The van der Waals surface area contributed by atoms with E-state index in [2.05, 4.69) is 11.9 Å². The second kappa shape index (κ2) is 2.77. The molecule has 0 saturated carbocycles. The lowest BCUT2D eigenvalue weighted by Gasteiger charge is -2.07. The van der Waals surface area contributed by atoms with Gasteiger partial charge in [0.05, 0.1) is 5.56 Å². The third kappa shape index (κ3) is 1.23. The quantitative estimate of drug-likeness (QED) is 0.622. The van der Waals surface area contributed by atoms with Crippen molar-refractivity contribution in [2.24, 2.45) is 4.99 Å². The van der Waals surface area contributed by atoms with Gasteiger partial charge in [-0.3, -0.25) is 4.79 Å². The van der Waals surface area contributed by atoms with Gasteiger partial charge in [-0.2, -0.15) is 0 Å². The molecule has 0 radical (unpaired) electrons. The zero-order valence-corrected chi connectivity index (χ0v) is 8.79. The van der Waals surface area contributed by atoms with E-state index in [1.54, 1.807) is 11.3 Å². The molecule has 0 saturated heterocycles. The molecule has 68 valence electrons. The van der Waals surface area contributed by atoms with E-state index >= 15 is 0 Å². The zero-order chi connectivity index (χ0) is 9.59. The van der Waals surface area contributed by atoms with Crippen molar-refractivity contribution in [2.45, 2.75) is 27.2 Å². The number of aliphatic imine (C=N–C) groups is 1. The topological polar surface area (TPSA) is 29.4 Å². The molecule has 0 spiro atoms. The number of carbonyl (C=O) groups is 1. The Labute approximate surface area is 81.3 Å². The second-order valence-electron chi connectivity index (χ2n) is 3.41.